The second-order valence-corrected chi connectivity index (χ2v) is 3.48. The topological polar surface area (TPSA) is 18.5 Å². The monoisotopic (exact) mass is 176 g/mol. The molecule has 0 fully saturated rings. The third-order valence-electron chi connectivity index (χ3n) is 0.790. The predicted molar refractivity (Wildman–Crippen MR) is 48.9 cm³/mol. The van der Waals surface area contributed by atoms with Crippen LogP contribution >= 0.6 is 12.0 Å². The molecular weight excluding hydrogens is 160 g/mol. The van der Waals surface area contributed by atoms with Crippen molar-refractivity contribution in [3.63, 3.8) is 0 Å². The smallest absolute Gasteiger partial charge is 0.0886 e. The normalized spacial score (nSPS) is 12.2. The Morgan fingerprint density at radius 3 is 2.27 bits per heavy atom. The maximum Gasteiger partial charge on any atom is 0.0886 e. The zero-order chi connectivity index (χ0) is 8.69. The SMILES string of the molecule is CC(C)/C=C\SOOC(C)C. The van der Waals surface area contributed by atoms with Crippen LogP contribution in [-0.4, -0.2) is 6.10 Å². The van der Waals surface area contributed by atoms with Gasteiger partial charge < -0.3 is 0 Å². The van der Waals surface area contributed by atoms with Gasteiger partial charge in [-0.3, -0.25) is 0 Å². The zero-order valence-electron chi connectivity index (χ0n) is 7.53. The highest BCUT2D eigenvalue weighted by molar-refractivity contribution is 7.97. The Balaban J connectivity index is 3.14. The Hall–Kier alpha value is 0.01000. The third-order valence-corrected chi connectivity index (χ3v) is 1.22. The van der Waals surface area contributed by atoms with Gasteiger partial charge in [-0.2, -0.15) is 4.33 Å². The Labute approximate surface area is 73.1 Å². The van der Waals surface area contributed by atoms with Gasteiger partial charge >= 0.3 is 0 Å². The van der Waals surface area contributed by atoms with Gasteiger partial charge in [-0.1, -0.05) is 19.9 Å². The minimum absolute atomic E-state index is 0.120. The molecule has 0 N–H and O–H groups in total. The number of hydrogen-bond acceptors (Lipinski definition) is 3. The summed E-state index contributed by atoms with van der Waals surface area (Å²) in [4.78, 5) is 4.84. The fourth-order valence-electron chi connectivity index (χ4n) is 0.313. The van der Waals surface area contributed by atoms with Gasteiger partial charge in [0.2, 0.25) is 0 Å². The molecule has 3 heteroatoms. The van der Waals surface area contributed by atoms with Crippen LogP contribution in [0.3, 0.4) is 0 Å². The molecule has 2 nitrogen and oxygen atoms in total. The van der Waals surface area contributed by atoms with E-state index in [4.69, 9.17) is 9.22 Å². The van der Waals surface area contributed by atoms with E-state index in [-0.39, 0.29) is 6.10 Å². The highest BCUT2D eigenvalue weighted by Crippen LogP contribution is 2.08. The lowest BCUT2D eigenvalue weighted by molar-refractivity contribution is -0.219. The van der Waals surface area contributed by atoms with Crippen LogP contribution in [0, 0.1) is 5.92 Å². The van der Waals surface area contributed by atoms with Crippen LogP contribution < -0.4 is 0 Å². The van der Waals surface area contributed by atoms with E-state index in [1.807, 2.05) is 25.3 Å². The summed E-state index contributed by atoms with van der Waals surface area (Å²) in [5.41, 5.74) is 0. The van der Waals surface area contributed by atoms with Crippen LogP contribution in [0.1, 0.15) is 27.7 Å². The zero-order valence-corrected chi connectivity index (χ0v) is 8.35. The van der Waals surface area contributed by atoms with Crippen LogP contribution in [0.4, 0.5) is 0 Å². The van der Waals surface area contributed by atoms with Crippen LogP contribution in [-0.2, 0) is 9.22 Å². The lowest BCUT2D eigenvalue weighted by atomic mass is 10.2. The Morgan fingerprint density at radius 1 is 1.18 bits per heavy atom. The first-order valence-corrected chi connectivity index (χ1v) is 4.59. The highest BCUT2D eigenvalue weighted by atomic mass is 32.2. The largest absolute Gasteiger partial charge is 0.221 e. The summed E-state index contributed by atoms with van der Waals surface area (Å²) < 4.78 is 4.78. The summed E-state index contributed by atoms with van der Waals surface area (Å²) in [5.74, 6) is 0.560. The number of hydrogen-bond donors (Lipinski definition) is 0. The van der Waals surface area contributed by atoms with E-state index in [0.717, 1.165) is 0 Å². The van der Waals surface area contributed by atoms with Gasteiger partial charge in [0, 0.05) is 0 Å². The van der Waals surface area contributed by atoms with E-state index in [2.05, 4.69) is 13.8 Å². The van der Waals surface area contributed by atoms with E-state index in [0.29, 0.717) is 5.92 Å². The van der Waals surface area contributed by atoms with Gasteiger partial charge in [0.25, 0.3) is 0 Å². The van der Waals surface area contributed by atoms with Gasteiger partial charge in [0.15, 0.2) is 0 Å². The van der Waals surface area contributed by atoms with Crippen molar-refractivity contribution in [1.82, 2.24) is 0 Å². The average Bonchev–Trinajstić information content (AvgIpc) is 1.85. The van der Waals surface area contributed by atoms with Crippen molar-refractivity contribution in [3.8, 4) is 0 Å². The maximum absolute atomic E-state index is 4.84. The summed E-state index contributed by atoms with van der Waals surface area (Å²) in [6.07, 6.45) is 2.17. The summed E-state index contributed by atoms with van der Waals surface area (Å²) in [5, 5.41) is 1.88. The van der Waals surface area contributed by atoms with Crippen molar-refractivity contribution < 1.29 is 9.22 Å². The second kappa shape index (κ2) is 6.70. The van der Waals surface area contributed by atoms with Gasteiger partial charge in [0.05, 0.1) is 18.1 Å². The van der Waals surface area contributed by atoms with Crippen molar-refractivity contribution in [3.05, 3.63) is 11.5 Å². The predicted octanol–water partition coefficient (Wildman–Crippen LogP) is 3.16. The van der Waals surface area contributed by atoms with E-state index in [1.54, 1.807) is 0 Å². The van der Waals surface area contributed by atoms with E-state index < -0.39 is 0 Å². The Morgan fingerprint density at radius 2 is 1.82 bits per heavy atom. The van der Waals surface area contributed by atoms with Crippen LogP contribution in [0.2, 0.25) is 0 Å². The molecule has 0 saturated heterocycles. The molecule has 0 aliphatic heterocycles. The molecule has 0 rings (SSSR count). The molecular formula is C8H16O2S. The Bertz CT molecular complexity index is 111. The van der Waals surface area contributed by atoms with Crippen molar-refractivity contribution in [2.24, 2.45) is 5.92 Å². The lowest BCUT2D eigenvalue weighted by Crippen LogP contribution is -1.98. The molecule has 0 atom stereocenters. The molecule has 0 heterocycles. The average molecular weight is 176 g/mol. The van der Waals surface area contributed by atoms with E-state index >= 15 is 0 Å². The van der Waals surface area contributed by atoms with Gasteiger partial charge in [0.1, 0.15) is 0 Å². The molecule has 0 aliphatic carbocycles. The molecule has 0 saturated carbocycles. The van der Waals surface area contributed by atoms with Crippen LogP contribution in [0.15, 0.2) is 11.5 Å². The summed E-state index contributed by atoms with van der Waals surface area (Å²) >= 11 is 1.21. The summed E-state index contributed by atoms with van der Waals surface area (Å²) in [6, 6.07) is 0. The molecule has 0 bridgehead atoms. The molecule has 0 radical (unpaired) electrons. The van der Waals surface area contributed by atoms with E-state index in [1.165, 1.54) is 12.0 Å². The van der Waals surface area contributed by atoms with Crippen molar-refractivity contribution in [2.75, 3.05) is 0 Å². The lowest BCUT2D eigenvalue weighted by Gasteiger charge is -2.01. The molecule has 0 aliphatic rings. The molecule has 0 amide bonds. The molecule has 0 aromatic heterocycles. The molecule has 0 aromatic rings. The molecule has 0 unspecified atom stereocenters. The first-order valence-electron chi connectivity index (χ1n) is 3.78. The minimum atomic E-state index is 0.120. The fraction of sp³-hybridized carbons (Fsp3) is 0.750. The van der Waals surface area contributed by atoms with Crippen molar-refractivity contribution in [1.29, 1.82) is 0 Å². The van der Waals surface area contributed by atoms with Crippen molar-refractivity contribution in [2.45, 2.75) is 33.8 Å². The fourth-order valence-corrected chi connectivity index (χ4v) is 0.939. The Kier molecular flexibility index (Phi) is 6.71. The molecule has 11 heavy (non-hydrogen) atoms. The number of rotatable bonds is 5. The van der Waals surface area contributed by atoms with Gasteiger partial charge in [-0.25, -0.2) is 4.89 Å². The third kappa shape index (κ3) is 10.0. The first kappa shape index (κ1) is 11.0. The summed E-state index contributed by atoms with van der Waals surface area (Å²) in [7, 11) is 0. The molecule has 66 valence electrons. The van der Waals surface area contributed by atoms with Crippen LogP contribution in [0.5, 0.6) is 0 Å². The van der Waals surface area contributed by atoms with Crippen LogP contribution in [0.25, 0.3) is 0 Å². The highest BCUT2D eigenvalue weighted by Gasteiger charge is 1.91. The van der Waals surface area contributed by atoms with Crippen molar-refractivity contribution >= 4 is 12.0 Å². The maximum atomic E-state index is 4.84. The standard InChI is InChI=1S/C8H16O2S/c1-7(2)5-6-11-10-9-8(3)4/h5-8H,1-4H3/b6-5-. The molecule has 0 aromatic carbocycles. The van der Waals surface area contributed by atoms with Gasteiger partial charge in [-0.05, 0) is 25.2 Å². The van der Waals surface area contributed by atoms with Gasteiger partial charge in [-0.15, -0.1) is 0 Å². The second-order valence-electron chi connectivity index (χ2n) is 2.88. The quantitative estimate of drug-likeness (QED) is 0.277. The first-order chi connectivity index (χ1) is 5.13. The molecule has 0 spiro atoms. The minimum Gasteiger partial charge on any atom is -0.221 e. The summed E-state index contributed by atoms with van der Waals surface area (Å²) in [6.45, 7) is 8.07. The number of allylic oxidation sites excluding steroid dienone is 1. The van der Waals surface area contributed by atoms with E-state index in [9.17, 15) is 0 Å².